The quantitative estimate of drug-likeness (QED) is 0.859. The second-order valence-corrected chi connectivity index (χ2v) is 6.57. The first kappa shape index (κ1) is 16.2. The molecule has 1 aromatic carbocycles. The van der Waals surface area contributed by atoms with Gasteiger partial charge in [-0.05, 0) is 36.8 Å². The third-order valence-electron chi connectivity index (χ3n) is 3.62. The van der Waals surface area contributed by atoms with Gasteiger partial charge in [0.1, 0.15) is 5.03 Å². The maximum atomic E-state index is 12.6. The first-order valence-corrected chi connectivity index (χ1v) is 8.14. The van der Waals surface area contributed by atoms with Gasteiger partial charge in [0.15, 0.2) is 0 Å². The van der Waals surface area contributed by atoms with Gasteiger partial charge in [0.2, 0.25) is 11.8 Å². The smallest absolute Gasteiger partial charge is 0.338 e. The van der Waals surface area contributed by atoms with Crippen LogP contribution in [0.15, 0.2) is 47.6 Å². The van der Waals surface area contributed by atoms with Gasteiger partial charge in [-0.3, -0.25) is 9.59 Å². The van der Waals surface area contributed by atoms with E-state index < -0.39 is 11.2 Å². The van der Waals surface area contributed by atoms with Gasteiger partial charge in [-0.15, -0.1) is 0 Å². The van der Waals surface area contributed by atoms with E-state index in [1.54, 1.807) is 18.2 Å². The molecule has 2 heterocycles. The molecule has 0 saturated carbocycles. The van der Waals surface area contributed by atoms with Crippen LogP contribution >= 0.6 is 11.8 Å². The summed E-state index contributed by atoms with van der Waals surface area (Å²) >= 11 is 1.02. The van der Waals surface area contributed by atoms with Gasteiger partial charge >= 0.3 is 5.97 Å². The number of amides is 2. The Kier molecular flexibility index (Phi) is 4.35. The molecule has 3 rings (SSSR count). The van der Waals surface area contributed by atoms with Gasteiger partial charge in [-0.1, -0.05) is 23.9 Å². The highest BCUT2D eigenvalue weighted by atomic mass is 32.2. The Bertz CT molecular complexity index is 837. The van der Waals surface area contributed by atoms with Crippen molar-refractivity contribution in [2.45, 2.75) is 23.6 Å². The molecule has 1 saturated heterocycles. The van der Waals surface area contributed by atoms with Crippen LogP contribution in [0, 0.1) is 6.92 Å². The standard InChI is InChI=1S/C17H14N2O4S/c1-10-4-2-5-11(8-10)19-14(20)9-13(16(19)21)24-15-12(17(22)23)6-3-7-18-15/h2-8,13H,9H2,1H3,(H,22,23). The molecule has 0 bridgehead atoms. The molecule has 2 aromatic rings. The second kappa shape index (κ2) is 6.45. The molecule has 1 unspecified atom stereocenters. The van der Waals surface area contributed by atoms with E-state index in [9.17, 15) is 19.5 Å². The third kappa shape index (κ3) is 3.03. The van der Waals surface area contributed by atoms with Gasteiger partial charge in [0, 0.05) is 12.6 Å². The fourth-order valence-corrected chi connectivity index (χ4v) is 3.62. The van der Waals surface area contributed by atoms with Crippen LogP contribution in [-0.4, -0.2) is 33.1 Å². The molecule has 1 N–H and O–H groups in total. The lowest BCUT2D eigenvalue weighted by atomic mass is 10.2. The van der Waals surface area contributed by atoms with Crippen LogP contribution in [0.4, 0.5) is 5.69 Å². The number of anilines is 1. The number of nitrogens with zero attached hydrogens (tertiary/aromatic N) is 2. The van der Waals surface area contributed by atoms with Crippen LogP contribution < -0.4 is 4.90 Å². The Labute approximate surface area is 142 Å². The zero-order chi connectivity index (χ0) is 17.3. The number of carbonyl (C=O) groups is 3. The van der Waals surface area contributed by atoms with Crippen molar-refractivity contribution in [3.8, 4) is 0 Å². The monoisotopic (exact) mass is 342 g/mol. The summed E-state index contributed by atoms with van der Waals surface area (Å²) in [5.41, 5.74) is 1.51. The van der Waals surface area contributed by atoms with Crippen LogP contribution in [0.3, 0.4) is 0 Å². The highest BCUT2D eigenvalue weighted by molar-refractivity contribution is 8.00. The number of hydrogen-bond acceptors (Lipinski definition) is 5. The number of imide groups is 1. The number of thioether (sulfide) groups is 1. The average molecular weight is 342 g/mol. The minimum atomic E-state index is -1.11. The molecule has 6 nitrogen and oxygen atoms in total. The number of benzene rings is 1. The van der Waals surface area contributed by atoms with E-state index >= 15 is 0 Å². The van der Waals surface area contributed by atoms with E-state index in [4.69, 9.17) is 0 Å². The molecule has 0 radical (unpaired) electrons. The van der Waals surface area contributed by atoms with Gasteiger partial charge < -0.3 is 5.11 Å². The van der Waals surface area contributed by atoms with Gasteiger partial charge in [0.05, 0.1) is 16.5 Å². The number of carbonyl (C=O) groups excluding carboxylic acids is 2. The molecule has 1 aliphatic rings. The van der Waals surface area contributed by atoms with E-state index in [2.05, 4.69) is 4.98 Å². The van der Waals surface area contributed by atoms with Crippen LogP contribution in [0.1, 0.15) is 22.3 Å². The van der Waals surface area contributed by atoms with Crippen LogP contribution in [-0.2, 0) is 9.59 Å². The normalized spacial score (nSPS) is 17.4. The van der Waals surface area contributed by atoms with Gasteiger partial charge in [-0.25, -0.2) is 14.7 Å². The minimum Gasteiger partial charge on any atom is -0.478 e. The lowest BCUT2D eigenvalue weighted by Crippen LogP contribution is -2.31. The van der Waals surface area contributed by atoms with E-state index in [0.29, 0.717) is 5.69 Å². The first-order chi connectivity index (χ1) is 11.5. The van der Waals surface area contributed by atoms with E-state index in [-0.39, 0.29) is 28.8 Å². The summed E-state index contributed by atoms with van der Waals surface area (Å²) in [7, 11) is 0. The largest absolute Gasteiger partial charge is 0.478 e. The highest BCUT2D eigenvalue weighted by Crippen LogP contribution is 2.34. The number of carboxylic acids is 1. The Hall–Kier alpha value is -2.67. The van der Waals surface area contributed by atoms with Crippen molar-refractivity contribution in [2.24, 2.45) is 0 Å². The molecule has 0 aliphatic carbocycles. The van der Waals surface area contributed by atoms with Crippen LogP contribution in [0.2, 0.25) is 0 Å². The Morgan fingerprint density at radius 3 is 2.79 bits per heavy atom. The fraction of sp³-hybridized carbons (Fsp3) is 0.176. The molecule has 1 aliphatic heterocycles. The predicted octanol–water partition coefficient (Wildman–Crippen LogP) is 2.51. The molecule has 1 atom stereocenters. The van der Waals surface area contributed by atoms with Crippen molar-refractivity contribution in [2.75, 3.05) is 4.90 Å². The summed E-state index contributed by atoms with van der Waals surface area (Å²) in [6, 6.07) is 10.1. The summed E-state index contributed by atoms with van der Waals surface area (Å²) in [4.78, 5) is 41.3. The van der Waals surface area contributed by atoms with Crippen molar-refractivity contribution < 1.29 is 19.5 Å². The van der Waals surface area contributed by atoms with E-state index in [1.165, 1.54) is 18.3 Å². The molecule has 0 spiro atoms. The maximum Gasteiger partial charge on any atom is 0.338 e. The van der Waals surface area contributed by atoms with Crippen molar-refractivity contribution in [3.63, 3.8) is 0 Å². The zero-order valence-corrected chi connectivity index (χ0v) is 13.6. The van der Waals surface area contributed by atoms with Crippen LogP contribution in [0.25, 0.3) is 0 Å². The summed E-state index contributed by atoms with van der Waals surface area (Å²) < 4.78 is 0. The van der Waals surface area contributed by atoms with Crippen molar-refractivity contribution in [1.29, 1.82) is 0 Å². The Morgan fingerprint density at radius 2 is 2.08 bits per heavy atom. The molecule has 1 aromatic heterocycles. The number of pyridine rings is 1. The fourth-order valence-electron chi connectivity index (χ4n) is 2.52. The van der Waals surface area contributed by atoms with Crippen molar-refractivity contribution in [1.82, 2.24) is 4.98 Å². The summed E-state index contributed by atoms with van der Waals surface area (Å²) in [5.74, 6) is -1.76. The number of aromatic carboxylic acids is 1. The zero-order valence-electron chi connectivity index (χ0n) is 12.8. The van der Waals surface area contributed by atoms with E-state index in [1.807, 2.05) is 13.0 Å². The lowest BCUT2D eigenvalue weighted by Gasteiger charge is -2.15. The molecule has 122 valence electrons. The minimum absolute atomic E-state index is 0.0209. The highest BCUT2D eigenvalue weighted by Gasteiger charge is 2.40. The molecule has 2 amide bonds. The summed E-state index contributed by atoms with van der Waals surface area (Å²) in [6.45, 7) is 1.88. The SMILES string of the molecule is Cc1cccc(N2C(=O)CC(Sc3ncccc3C(=O)O)C2=O)c1. The van der Waals surface area contributed by atoms with Gasteiger partial charge in [-0.2, -0.15) is 0 Å². The number of rotatable bonds is 4. The topological polar surface area (TPSA) is 87.6 Å². The number of aryl methyl sites for hydroxylation is 1. The molecule has 1 fully saturated rings. The number of aromatic nitrogens is 1. The molecule has 7 heteroatoms. The van der Waals surface area contributed by atoms with Crippen LogP contribution in [0.5, 0.6) is 0 Å². The maximum absolute atomic E-state index is 12.6. The van der Waals surface area contributed by atoms with Crippen molar-refractivity contribution in [3.05, 3.63) is 53.7 Å². The number of carboxylic acid groups (broad SMARTS) is 1. The Morgan fingerprint density at radius 1 is 1.29 bits per heavy atom. The first-order valence-electron chi connectivity index (χ1n) is 7.26. The summed E-state index contributed by atoms with van der Waals surface area (Å²) in [6.07, 6.45) is 1.49. The van der Waals surface area contributed by atoms with E-state index in [0.717, 1.165) is 22.2 Å². The molecular formula is C17H14N2O4S. The summed E-state index contributed by atoms with van der Waals surface area (Å²) in [5, 5.41) is 8.77. The van der Waals surface area contributed by atoms with Crippen molar-refractivity contribution >= 4 is 35.2 Å². The lowest BCUT2D eigenvalue weighted by molar-refractivity contribution is -0.121. The van der Waals surface area contributed by atoms with Gasteiger partial charge in [0.25, 0.3) is 0 Å². The molecule has 24 heavy (non-hydrogen) atoms. The average Bonchev–Trinajstić information content (AvgIpc) is 2.81. The molecular weight excluding hydrogens is 328 g/mol. The Balaban J connectivity index is 1.86. The predicted molar refractivity (Wildman–Crippen MR) is 89.1 cm³/mol. The number of hydrogen-bond donors (Lipinski definition) is 1. The third-order valence-corrected chi connectivity index (χ3v) is 4.82. The second-order valence-electron chi connectivity index (χ2n) is 5.38.